The Balaban J connectivity index is 0.00000112. The Morgan fingerprint density at radius 1 is 1.33 bits per heavy atom. The molecule has 0 fully saturated rings. The first-order chi connectivity index (χ1) is 6.59. The summed E-state index contributed by atoms with van der Waals surface area (Å²) in [5.41, 5.74) is 1.12. The van der Waals surface area contributed by atoms with Gasteiger partial charge in [0.15, 0.2) is 0 Å². The molecule has 0 aliphatic carbocycles. The number of ether oxygens (including phenoxy) is 1. The normalized spacial score (nSPS) is 24.1. The fourth-order valence-electron chi connectivity index (χ4n) is 1.42. The maximum absolute atomic E-state index is 10.9. The zero-order valence-corrected chi connectivity index (χ0v) is 11.1. The zero-order chi connectivity index (χ0) is 10.2. The molecular formula is C11H9O3Y-. The van der Waals surface area contributed by atoms with Gasteiger partial charge >= 0.3 is 0 Å². The number of hydrogen-bond acceptors (Lipinski definition) is 3. The van der Waals surface area contributed by atoms with Gasteiger partial charge in [0.25, 0.3) is 0 Å². The molecule has 0 spiro atoms. The molecule has 0 aromatic heterocycles. The van der Waals surface area contributed by atoms with Crippen LogP contribution in [0.25, 0.3) is 5.57 Å². The zero-order valence-electron chi connectivity index (χ0n) is 8.23. The van der Waals surface area contributed by atoms with Crippen molar-refractivity contribution >= 4 is 11.5 Å². The Kier molecular flexibility index (Phi) is 3.82. The van der Waals surface area contributed by atoms with Gasteiger partial charge in [0.05, 0.1) is 0 Å². The molecule has 1 radical (unpaired) electrons. The smallest absolute Gasteiger partial charge is 0.241 e. The standard InChI is InChI=1S/C11H9O3.Y/c1-11(13)9(7-10(12)14-11)8-5-3-2-4-6-8;/h2-6,13H,1H3;/q-1;. The van der Waals surface area contributed by atoms with Crippen LogP contribution in [0.1, 0.15) is 12.5 Å². The molecule has 1 heterocycles. The van der Waals surface area contributed by atoms with E-state index in [1.54, 1.807) is 12.1 Å². The molecule has 0 saturated heterocycles. The van der Waals surface area contributed by atoms with Gasteiger partial charge in [0.2, 0.25) is 11.8 Å². The molecule has 3 nitrogen and oxygen atoms in total. The molecule has 15 heavy (non-hydrogen) atoms. The Morgan fingerprint density at radius 3 is 2.40 bits per heavy atom. The second-order valence-electron chi connectivity index (χ2n) is 3.24. The van der Waals surface area contributed by atoms with Gasteiger partial charge < -0.3 is 9.84 Å². The molecule has 1 unspecified atom stereocenters. The van der Waals surface area contributed by atoms with Crippen molar-refractivity contribution < 1.29 is 47.3 Å². The first-order valence-corrected chi connectivity index (χ1v) is 4.25. The summed E-state index contributed by atoms with van der Waals surface area (Å²) in [6.07, 6.45) is 2.47. The third kappa shape index (κ3) is 2.54. The van der Waals surface area contributed by atoms with Crippen molar-refractivity contribution in [2.24, 2.45) is 0 Å². The van der Waals surface area contributed by atoms with Crippen LogP contribution in [-0.2, 0) is 42.2 Å². The van der Waals surface area contributed by atoms with Gasteiger partial charge in [-0.15, -0.1) is 23.8 Å². The molecule has 0 bridgehead atoms. The summed E-state index contributed by atoms with van der Waals surface area (Å²) >= 11 is 0. The maximum Gasteiger partial charge on any atom is 0.241 e. The first-order valence-electron chi connectivity index (χ1n) is 4.25. The summed E-state index contributed by atoms with van der Waals surface area (Å²) in [6.45, 7) is 1.42. The Bertz CT molecular complexity index is 396. The molecule has 0 amide bonds. The van der Waals surface area contributed by atoms with Crippen LogP contribution in [0.4, 0.5) is 0 Å². The number of benzene rings is 1. The summed E-state index contributed by atoms with van der Waals surface area (Å²) in [5.74, 6) is -2.19. The van der Waals surface area contributed by atoms with Crippen molar-refractivity contribution in [2.75, 3.05) is 0 Å². The van der Waals surface area contributed by atoms with Crippen LogP contribution >= 0.6 is 0 Å². The quantitative estimate of drug-likeness (QED) is 0.619. The van der Waals surface area contributed by atoms with Crippen molar-refractivity contribution in [3.63, 3.8) is 0 Å². The molecule has 1 N–H and O–H groups in total. The summed E-state index contributed by atoms with van der Waals surface area (Å²) in [5, 5.41) is 9.74. The van der Waals surface area contributed by atoms with E-state index in [1.807, 2.05) is 18.2 Å². The molecule has 1 aliphatic rings. The van der Waals surface area contributed by atoms with Crippen molar-refractivity contribution in [1.82, 2.24) is 0 Å². The minimum Gasteiger partial charge on any atom is -0.443 e. The Hall–Kier alpha value is -0.506. The average Bonchev–Trinajstić information content (AvgIpc) is 2.41. The maximum atomic E-state index is 10.9. The third-order valence-electron chi connectivity index (χ3n) is 2.04. The molecular weight excluding hydrogens is 269 g/mol. The SMILES string of the molecule is CC1(O)OC(=O)[C-]=C1c1ccccc1.[Y]. The van der Waals surface area contributed by atoms with E-state index >= 15 is 0 Å². The molecule has 2 rings (SSSR count). The van der Waals surface area contributed by atoms with E-state index in [4.69, 9.17) is 0 Å². The number of hydrogen-bond donors (Lipinski definition) is 1. The van der Waals surface area contributed by atoms with Crippen LogP contribution in [0.5, 0.6) is 0 Å². The van der Waals surface area contributed by atoms with Crippen LogP contribution in [-0.4, -0.2) is 16.9 Å². The molecule has 1 aromatic carbocycles. The van der Waals surface area contributed by atoms with Gasteiger partial charge in [-0.3, -0.25) is 4.79 Å². The van der Waals surface area contributed by atoms with Gasteiger partial charge in [0, 0.05) is 39.6 Å². The van der Waals surface area contributed by atoms with E-state index < -0.39 is 11.8 Å². The summed E-state index contributed by atoms with van der Waals surface area (Å²) < 4.78 is 4.68. The fraction of sp³-hybridized carbons (Fsp3) is 0.182. The minimum absolute atomic E-state index is 0. The van der Waals surface area contributed by atoms with E-state index in [0.717, 1.165) is 5.56 Å². The number of carbonyl (C=O) groups is 1. The van der Waals surface area contributed by atoms with E-state index in [9.17, 15) is 9.90 Å². The van der Waals surface area contributed by atoms with Crippen molar-refractivity contribution in [2.45, 2.75) is 12.7 Å². The second kappa shape index (κ2) is 4.56. The number of rotatable bonds is 1. The Labute approximate surface area is 113 Å². The van der Waals surface area contributed by atoms with E-state index in [2.05, 4.69) is 10.8 Å². The van der Waals surface area contributed by atoms with Crippen LogP contribution in [0, 0.1) is 6.08 Å². The average molecular weight is 278 g/mol. The predicted octanol–water partition coefficient (Wildman–Crippen LogP) is 1.14. The number of cyclic esters (lactones) is 1. The molecule has 0 saturated carbocycles. The van der Waals surface area contributed by atoms with Gasteiger partial charge in [-0.25, -0.2) is 0 Å². The van der Waals surface area contributed by atoms with Crippen LogP contribution < -0.4 is 0 Å². The number of esters is 1. The van der Waals surface area contributed by atoms with Gasteiger partial charge in [-0.05, 0) is 0 Å². The molecule has 4 heteroatoms. The largest absolute Gasteiger partial charge is 0.443 e. The topological polar surface area (TPSA) is 46.5 Å². The fourth-order valence-corrected chi connectivity index (χ4v) is 1.42. The van der Waals surface area contributed by atoms with Gasteiger partial charge in [-0.1, -0.05) is 18.2 Å². The van der Waals surface area contributed by atoms with E-state index in [1.165, 1.54) is 6.92 Å². The monoisotopic (exact) mass is 278 g/mol. The van der Waals surface area contributed by atoms with Gasteiger partial charge in [0.1, 0.15) is 0 Å². The summed E-state index contributed by atoms with van der Waals surface area (Å²) in [6, 6.07) is 9.08. The number of carbonyl (C=O) groups excluding carboxylic acids is 1. The van der Waals surface area contributed by atoms with Crippen molar-refractivity contribution in [1.29, 1.82) is 0 Å². The molecule has 1 aromatic rings. The first kappa shape index (κ1) is 12.6. The molecule has 1 atom stereocenters. The van der Waals surface area contributed by atoms with Crippen molar-refractivity contribution in [3.8, 4) is 0 Å². The minimum atomic E-state index is -1.56. The summed E-state index contributed by atoms with van der Waals surface area (Å²) in [4.78, 5) is 10.9. The van der Waals surface area contributed by atoms with Crippen LogP contribution in [0.3, 0.4) is 0 Å². The third-order valence-corrected chi connectivity index (χ3v) is 2.04. The van der Waals surface area contributed by atoms with E-state index in [0.29, 0.717) is 5.57 Å². The second-order valence-corrected chi connectivity index (χ2v) is 3.24. The van der Waals surface area contributed by atoms with Crippen LogP contribution in [0.15, 0.2) is 30.3 Å². The van der Waals surface area contributed by atoms with E-state index in [-0.39, 0.29) is 32.7 Å². The van der Waals surface area contributed by atoms with Crippen LogP contribution in [0.2, 0.25) is 0 Å². The van der Waals surface area contributed by atoms with Crippen molar-refractivity contribution in [3.05, 3.63) is 42.0 Å². The number of aliphatic hydroxyl groups is 1. The molecule has 1 aliphatic heterocycles. The summed E-state index contributed by atoms with van der Waals surface area (Å²) in [7, 11) is 0. The predicted molar refractivity (Wildman–Crippen MR) is 49.8 cm³/mol. The molecule has 75 valence electrons. The van der Waals surface area contributed by atoms with Gasteiger partial charge in [-0.2, -0.15) is 5.56 Å². The Morgan fingerprint density at radius 2 is 1.93 bits per heavy atom.